The largest absolute Gasteiger partial charge is 0.481 e. The summed E-state index contributed by atoms with van der Waals surface area (Å²) in [4.78, 5) is 15.8. The highest BCUT2D eigenvalue weighted by Crippen LogP contribution is 2.14. The lowest BCUT2D eigenvalue weighted by atomic mass is 10.0. The number of pyridine rings is 1. The molecule has 0 fully saturated rings. The zero-order valence-corrected chi connectivity index (χ0v) is 12.0. The number of hydrogen-bond acceptors (Lipinski definition) is 5. The van der Waals surface area contributed by atoms with Crippen molar-refractivity contribution in [1.29, 1.82) is 0 Å². The van der Waals surface area contributed by atoms with Gasteiger partial charge in [-0.05, 0) is 18.4 Å². The van der Waals surface area contributed by atoms with Crippen molar-refractivity contribution in [3.8, 4) is 5.88 Å². The van der Waals surface area contributed by atoms with E-state index in [0.717, 1.165) is 12.0 Å². The van der Waals surface area contributed by atoms with E-state index in [1.807, 2.05) is 12.1 Å². The fraction of sp³-hybridized carbons (Fsp3) is 0.571. The second kappa shape index (κ2) is 7.74. The van der Waals surface area contributed by atoms with E-state index in [2.05, 4.69) is 24.1 Å². The second-order valence-electron chi connectivity index (χ2n) is 4.76. The van der Waals surface area contributed by atoms with Gasteiger partial charge >= 0.3 is 5.97 Å². The summed E-state index contributed by atoms with van der Waals surface area (Å²) in [7, 11) is 2.99. The molecule has 0 saturated heterocycles. The first-order valence-corrected chi connectivity index (χ1v) is 6.37. The quantitative estimate of drug-likeness (QED) is 0.762. The first-order chi connectivity index (χ1) is 9.08. The van der Waals surface area contributed by atoms with Gasteiger partial charge in [-0.3, -0.25) is 4.79 Å². The van der Waals surface area contributed by atoms with Crippen LogP contribution < -0.4 is 10.1 Å². The Hall–Kier alpha value is -1.62. The molecule has 106 valence electrons. The number of aromatic nitrogens is 1. The maximum Gasteiger partial charge on any atom is 0.322 e. The molecule has 1 unspecified atom stereocenters. The standard InChI is InChI=1S/C14H22N2O3/c1-10(2)8-12(14(17)19-4)16-9-11-6-5-7-15-13(11)18-3/h5-7,10,12,16H,8-9H2,1-4H3. The summed E-state index contributed by atoms with van der Waals surface area (Å²) in [6.45, 7) is 4.66. The Kier molecular flexibility index (Phi) is 6.29. The third kappa shape index (κ3) is 4.87. The van der Waals surface area contributed by atoms with Crippen molar-refractivity contribution in [3.63, 3.8) is 0 Å². The van der Waals surface area contributed by atoms with E-state index in [0.29, 0.717) is 18.3 Å². The van der Waals surface area contributed by atoms with E-state index in [1.54, 1.807) is 13.3 Å². The number of ether oxygens (including phenoxy) is 2. The van der Waals surface area contributed by atoms with Gasteiger partial charge in [0, 0.05) is 18.3 Å². The van der Waals surface area contributed by atoms with Gasteiger partial charge in [0.15, 0.2) is 0 Å². The lowest BCUT2D eigenvalue weighted by Gasteiger charge is -2.18. The molecule has 1 heterocycles. The molecule has 0 aliphatic heterocycles. The molecular weight excluding hydrogens is 244 g/mol. The van der Waals surface area contributed by atoms with Crippen LogP contribution in [-0.4, -0.2) is 31.2 Å². The van der Waals surface area contributed by atoms with Gasteiger partial charge in [0.2, 0.25) is 5.88 Å². The fourth-order valence-corrected chi connectivity index (χ4v) is 1.85. The molecule has 5 heteroatoms. The monoisotopic (exact) mass is 266 g/mol. The number of carbonyl (C=O) groups is 1. The Labute approximate surface area is 114 Å². The molecule has 0 bridgehead atoms. The van der Waals surface area contributed by atoms with Crippen LogP contribution in [0, 0.1) is 5.92 Å². The minimum Gasteiger partial charge on any atom is -0.481 e. The highest BCUT2D eigenvalue weighted by atomic mass is 16.5. The topological polar surface area (TPSA) is 60.5 Å². The molecule has 1 atom stereocenters. The normalized spacial score (nSPS) is 12.3. The number of nitrogens with one attached hydrogen (secondary N) is 1. The van der Waals surface area contributed by atoms with Crippen molar-refractivity contribution < 1.29 is 14.3 Å². The lowest BCUT2D eigenvalue weighted by Crippen LogP contribution is -2.38. The van der Waals surface area contributed by atoms with Gasteiger partial charge < -0.3 is 14.8 Å². The fourth-order valence-electron chi connectivity index (χ4n) is 1.85. The molecular formula is C14H22N2O3. The average molecular weight is 266 g/mol. The number of methoxy groups -OCH3 is 2. The molecule has 1 rings (SSSR count). The van der Waals surface area contributed by atoms with E-state index in [1.165, 1.54) is 7.11 Å². The molecule has 1 aromatic rings. The van der Waals surface area contributed by atoms with Crippen molar-refractivity contribution in [2.45, 2.75) is 32.9 Å². The highest BCUT2D eigenvalue weighted by Gasteiger charge is 2.20. The molecule has 0 aliphatic rings. The Morgan fingerprint density at radius 1 is 1.42 bits per heavy atom. The summed E-state index contributed by atoms with van der Waals surface area (Å²) in [5.74, 6) is 0.743. The van der Waals surface area contributed by atoms with Gasteiger partial charge in [-0.15, -0.1) is 0 Å². The average Bonchev–Trinajstić information content (AvgIpc) is 2.42. The predicted octanol–water partition coefficient (Wildman–Crippen LogP) is 1.77. The van der Waals surface area contributed by atoms with Crippen molar-refractivity contribution in [2.24, 2.45) is 5.92 Å². The molecule has 0 amide bonds. The molecule has 19 heavy (non-hydrogen) atoms. The summed E-state index contributed by atoms with van der Waals surface area (Å²) >= 11 is 0. The van der Waals surface area contributed by atoms with Gasteiger partial charge in [0.25, 0.3) is 0 Å². The molecule has 0 aliphatic carbocycles. The van der Waals surface area contributed by atoms with Crippen molar-refractivity contribution in [3.05, 3.63) is 23.9 Å². The molecule has 1 N–H and O–H groups in total. The number of hydrogen-bond donors (Lipinski definition) is 1. The van der Waals surface area contributed by atoms with Crippen LogP contribution >= 0.6 is 0 Å². The summed E-state index contributed by atoms with van der Waals surface area (Å²) in [5.41, 5.74) is 0.919. The maximum absolute atomic E-state index is 11.7. The van der Waals surface area contributed by atoms with Crippen molar-refractivity contribution >= 4 is 5.97 Å². The van der Waals surface area contributed by atoms with E-state index >= 15 is 0 Å². The molecule has 1 aromatic heterocycles. The maximum atomic E-state index is 11.7. The third-order valence-electron chi connectivity index (χ3n) is 2.78. The molecule has 0 spiro atoms. The van der Waals surface area contributed by atoms with Gasteiger partial charge in [0.1, 0.15) is 6.04 Å². The smallest absolute Gasteiger partial charge is 0.322 e. The minimum absolute atomic E-state index is 0.239. The van der Waals surface area contributed by atoms with Gasteiger partial charge in [0.05, 0.1) is 14.2 Å². The van der Waals surface area contributed by atoms with Crippen LogP contribution in [0.3, 0.4) is 0 Å². The van der Waals surface area contributed by atoms with Gasteiger partial charge in [-0.2, -0.15) is 0 Å². The first-order valence-electron chi connectivity index (χ1n) is 6.37. The number of nitrogens with zero attached hydrogens (tertiary/aromatic N) is 1. The summed E-state index contributed by atoms with van der Waals surface area (Å²) < 4.78 is 9.99. The van der Waals surface area contributed by atoms with E-state index in [9.17, 15) is 4.79 Å². The Bertz CT molecular complexity index is 407. The predicted molar refractivity (Wildman–Crippen MR) is 72.9 cm³/mol. The first kappa shape index (κ1) is 15.4. The number of esters is 1. The van der Waals surface area contributed by atoms with Gasteiger partial charge in [-0.25, -0.2) is 4.98 Å². The van der Waals surface area contributed by atoms with Crippen LogP contribution in [0.15, 0.2) is 18.3 Å². The van der Waals surface area contributed by atoms with Crippen LogP contribution in [0.5, 0.6) is 5.88 Å². The summed E-state index contributed by atoms with van der Waals surface area (Å²) in [6.07, 6.45) is 2.41. The van der Waals surface area contributed by atoms with Crippen LogP contribution in [0.25, 0.3) is 0 Å². The second-order valence-corrected chi connectivity index (χ2v) is 4.76. The van der Waals surface area contributed by atoms with Crippen LogP contribution in [0.1, 0.15) is 25.8 Å². The molecule has 0 saturated carbocycles. The van der Waals surface area contributed by atoms with Crippen molar-refractivity contribution in [1.82, 2.24) is 10.3 Å². The molecule has 0 aromatic carbocycles. The highest BCUT2D eigenvalue weighted by molar-refractivity contribution is 5.75. The lowest BCUT2D eigenvalue weighted by molar-refractivity contribution is -0.143. The van der Waals surface area contributed by atoms with Crippen LogP contribution in [0.4, 0.5) is 0 Å². The Balaban J connectivity index is 2.67. The molecule has 5 nitrogen and oxygen atoms in total. The summed E-state index contributed by atoms with van der Waals surface area (Å²) in [5, 5.41) is 3.20. The van der Waals surface area contributed by atoms with E-state index in [-0.39, 0.29) is 12.0 Å². The molecule has 0 radical (unpaired) electrons. The van der Waals surface area contributed by atoms with Gasteiger partial charge in [-0.1, -0.05) is 19.9 Å². The number of carbonyl (C=O) groups excluding carboxylic acids is 1. The SMILES string of the molecule is COC(=O)C(CC(C)C)NCc1cccnc1OC. The van der Waals surface area contributed by atoms with Crippen LogP contribution in [0.2, 0.25) is 0 Å². The third-order valence-corrected chi connectivity index (χ3v) is 2.78. The summed E-state index contributed by atoms with van der Waals surface area (Å²) in [6, 6.07) is 3.45. The number of rotatable bonds is 7. The van der Waals surface area contributed by atoms with E-state index in [4.69, 9.17) is 9.47 Å². The Morgan fingerprint density at radius 3 is 2.74 bits per heavy atom. The van der Waals surface area contributed by atoms with E-state index < -0.39 is 0 Å². The zero-order valence-electron chi connectivity index (χ0n) is 12.0. The minimum atomic E-state index is -0.310. The Morgan fingerprint density at radius 2 is 2.16 bits per heavy atom. The van der Waals surface area contributed by atoms with Crippen LogP contribution in [-0.2, 0) is 16.1 Å². The van der Waals surface area contributed by atoms with Crippen molar-refractivity contribution in [2.75, 3.05) is 14.2 Å². The zero-order chi connectivity index (χ0) is 14.3.